The molecule has 0 spiro atoms. The first-order valence-electron chi connectivity index (χ1n) is 7.04. The lowest BCUT2D eigenvalue weighted by Crippen LogP contribution is -2.21. The summed E-state index contributed by atoms with van der Waals surface area (Å²) in [6.45, 7) is 5.03. The minimum absolute atomic E-state index is 0.896. The van der Waals surface area contributed by atoms with Gasteiger partial charge in [-0.3, -0.25) is 0 Å². The third-order valence-electron chi connectivity index (χ3n) is 3.26. The molecule has 2 aromatic rings. The van der Waals surface area contributed by atoms with E-state index in [-0.39, 0.29) is 0 Å². The number of rotatable bonds is 7. The summed E-state index contributed by atoms with van der Waals surface area (Å²) >= 11 is 1.88. The molecule has 0 aliphatic heterocycles. The van der Waals surface area contributed by atoms with Crippen LogP contribution in [0.25, 0.3) is 10.9 Å². The van der Waals surface area contributed by atoms with Crippen molar-refractivity contribution in [2.45, 2.75) is 13.5 Å². The van der Waals surface area contributed by atoms with Crippen LogP contribution in [0.15, 0.2) is 30.3 Å². The first kappa shape index (κ1) is 15.1. The fourth-order valence-corrected chi connectivity index (χ4v) is 2.71. The summed E-state index contributed by atoms with van der Waals surface area (Å²) in [5, 5.41) is 4.60. The summed E-state index contributed by atoms with van der Waals surface area (Å²) in [4.78, 5) is 7.11. The van der Waals surface area contributed by atoms with Crippen LogP contribution in [0.4, 0.5) is 5.82 Å². The molecule has 1 aromatic carbocycles. The highest BCUT2D eigenvalue weighted by Gasteiger charge is 2.08. The second-order valence-corrected chi connectivity index (χ2v) is 5.94. The predicted octanol–water partition coefficient (Wildman–Crippen LogP) is 3.46. The minimum atomic E-state index is 0.896. The van der Waals surface area contributed by atoms with E-state index >= 15 is 0 Å². The first-order valence-corrected chi connectivity index (χ1v) is 8.44. The van der Waals surface area contributed by atoms with Crippen molar-refractivity contribution >= 4 is 28.5 Å². The van der Waals surface area contributed by atoms with Crippen molar-refractivity contribution < 1.29 is 0 Å². The smallest absolute Gasteiger partial charge is 0.131 e. The molecule has 3 nitrogen and oxygen atoms in total. The largest absolute Gasteiger partial charge is 0.370 e. The fraction of sp³-hybridized carbons (Fsp3) is 0.438. The number of thioether (sulfide) groups is 1. The molecule has 2 rings (SSSR count). The predicted molar refractivity (Wildman–Crippen MR) is 90.6 cm³/mol. The van der Waals surface area contributed by atoms with Crippen molar-refractivity contribution in [2.75, 3.05) is 37.5 Å². The molecule has 0 aliphatic carbocycles. The quantitative estimate of drug-likeness (QED) is 0.845. The van der Waals surface area contributed by atoms with Crippen LogP contribution >= 0.6 is 11.8 Å². The van der Waals surface area contributed by atoms with Crippen molar-refractivity contribution in [1.29, 1.82) is 0 Å². The molecule has 0 bridgehead atoms. The summed E-state index contributed by atoms with van der Waals surface area (Å²) < 4.78 is 0. The summed E-state index contributed by atoms with van der Waals surface area (Å²) in [6.07, 6.45) is 2.15. The molecule has 0 aliphatic rings. The molecular formula is C16H23N3S. The molecule has 1 N–H and O–H groups in total. The summed E-state index contributed by atoms with van der Waals surface area (Å²) in [5.74, 6) is 2.18. The van der Waals surface area contributed by atoms with E-state index in [1.54, 1.807) is 0 Å². The van der Waals surface area contributed by atoms with Crippen LogP contribution in [0.5, 0.6) is 0 Å². The van der Waals surface area contributed by atoms with Gasteiger partial charge in [-0.25, -0.2) is 4.98 Å². The van der Waals surface area contributed by atoms with E-state index in [1.165, 1.54) is 10.9 Å². The van der Waals surface area contributed by atoms with Crippen LogP contribution in [0.1, 0.15) is 12.5 Å². The summed E-state index contributed by atoms with van der Waals surface area (Å²) in [5.41, 5.74) is 2.33. The highest BCUT2D eigenvalue weighted by Crippen LogP contribution is 2.21. The Labute approximate surface area is 125 Å². The molecule has 1 aromatic heterocycles. The van der Waals surface area contributed by atoms with Gasteiger partial charge in [-0.15, -0.1) is 0 Å². The average Bonchev–Trinajstić information content (AvgIpc) is 2.46. The maximum Gasteiger partial charge on any atom is 0.131 e. The second kappa shape index (κ2) is 7.50. The Balaban J connectivity index is 2.26. The van der Waals surface area contributed by atoms with Crippen LogP contribution in [-0.2, 0) is 6.54 Å². The number of benzene rings is 1. The van der Waals surface area contributed by atoms with Crippen molar-refractivity contribution in [3.05, 3.63) is 35.9 Å². The van der Waals surface area contributed by atoms with Gasteiger partial charge in [-0.2, -0.15) is 11.8 Å². The van der Waals surface area contributed by atoms with E-state index in [1.807, 2.05) is 17.8 Å². The Kier molecular flexibility index (Phi) is 5.68. The van der Waals surface area contributed by atoms with Crippen LogP contribution in [0.2, 0.25) is 0 Å². The Hall–Kier alpha value is -1.26. The van der Waals surface area contributed by atoms with Gasteiger partial charge in [-0.1, -0.05) is 18.2 Å². The zero-order valence-electron chi connectivity index (χ0n) is 12.5. The van der Waals surface area contributed by atoms with Crippen LogP contribution in [0.3, 0.4) is 0 Å². The Bertz CT molecular complexity index is 556. The van der Waals surface area contributed by atoms with Crippen LogP contribution < -0.4 is 5.32 Å². The van der Waals surface area contributed by atoms with E-state index in [4.69, 9.17) is 4.98 Å². The monoisotopic (exact) mass is 289 g/mol. The number of nitrogens with zero attached hydrogens (tertiary/aromatic N) is 2. The molecule has 20 heavy (non-hydrogen) atoms. The number of hydrogen-bond donors (Lipinski definition) is 1. The maximum absolute atomic E-state index is 4.76. The van der Waals surface area contributed by atoms with Gasteiger partial charge < -0.3 is 10.2 Å². The van der Waals surface area contributed by atoms with Gasteiger partial charge in [0.15, 0.2) is 0 Å². The Morgan fingerprint density at radius 2 is 2.10 bits per heavy atom. The first-order chi connectivity index (χ1) is 9.74. The van der Waals surface area contributed by atoms with E-state index < -0.39 is 0 Å². The molecule has 0 radical (unpaired) electrons. The van der Waals surface area contributed by atoms with Gasteiger partial charge >= 0.3 is 0 Å². The highest BCUT2D eigenvalue weighted by atomic mass is 32.2. The molecule has 4 heteroatoms. The zero-order valence-corrected chi connectivity index (χ0v) is 13.3. The third kappa shape index (κ3) is 3.87. The number of fused-ring (bicyclic) bond motifs is 1. The Morgan fingerprint density at radius 3 is 2.85 bits per heavy atom. The van der Waals surface area contributed by atoms with Crippen molar-refractivity contribution in [3.8, 4) is 0 Å². The topological polar surface area (TPSA) is 28.2 Å². The standard InChI is InChI=1S/C16H23N3S/c1-4-17-16-14(12-19(2)9-10-20-3)11-13-7-5-6-8-15(13)18-16/h5-8,11H,4,9-10,12H2,1-3H3,(H,17,18). The molecule has 0 unspecified atom stereocenters. The lowest BCUT2D eigenvalue weighted by Gasteiger charge is -2.19. The minimum Gasteiger partial charge on any atom is -0.370 e. The number of hydrogen-bond acceptors (Lipinski definition) is 4. The molecule has 0 atom stereocenters. The number of pyridine rings is 1. The zero-order chi connectivity index (χ0) is 14.4. The molecule has 108 valence electrons. The van der Waals surface area contributed by atoms with Crippen LogP contribution in [0, 0.1) is 0 Å². The lowest BCUT2D eigenvalue weighted by atomic mass is 10.1. The van der Waals surface area contributed by atoms with Crippen molar-refractivity contribution in [1.82, 2.24) is 9.88 Å². The SMILES string of the molecule is CCNc1nc2ccccc2cc1CN(C)CCSC. The van der Waals surface area contributed by atoms with E-state index in [0.29, 0.717) is 0 Å². The second-order valence-electron chi connectivity index (χ2n) is 4.95. The summed E-state index contributed by atoms with van der Waals surface area (Å²) in [6, 6.07) is 10.6. The highest BCUT2D eigenvalue weighted by molar-refractivity contribution is 7.98. The van der Waals surface area contributed by atoms with Crippen molar-refractivity contribution in [3.63, 3.8) is 0 Å². The maximum atomic E-state index is 4.76. The van der Waals surface area contributed by atoms with Gasteiger partial charge in [0.05, 0.1) is 5.52 Å². The molecule has 0 saturated heterocycles. The number of anilines is 1. The number of nitrogens with one attached hydrogen (secondary N) is 1. The molecule has 0 fully saturated rings. The number of aromatic nitrogens is 1. The van der Waals surface area contributed by atoms with Gasteiger partial charge in [0.1, 0.15) is 5.82 Å². The van der Waals surface area contributed by atoms with E-state index in [9.17, 15) is 0 Å². The van der Waals surface area contributed by atoms with E-state index in [0.717, 1.165) is 36.7 Å². The van der Waals surface area contributed by atoms with Crippen LogP contribution in [-0.4, -0.2) is 42.0 Å². The molecular weight excluding hydrogens is 266 g/mol. The summed E-state index contributed by atoms with van der Waals surface area (Å²) in [7, 11) is 2.17. The fourth-order valence-electron chi connectivity index (χ4n) is 2.22. The normalized spacial score (nSPS) is 11.2. The number of para-hydroxylation sites is 1. The van der Waals surface area contributed by atoms with Gasteiger partial charge in [-0.05, 0) is 32.4 Å². The van der Waals surface area contributed by atoms with Gasteiger partial charge in [0.2, 0.25) is 0 Å². The Morgan fingerprint density at radius 1 is 1.30 bits per heavy atom. The average molecular weight is 289 g/mol. The van der Waals surface area contributed by atoms with E-state index in [2.05, 4.69) is 54.7 Å². The molecule has 0 amide bonds. The molecule has 0 saturated carbocycles. The lowest BCUT2D eigenvalue weighted by molar-refractivity contribution is 0.349. The third-order valence-corrected chi connectivity index (χ3v) is 3.86. The van der Waals surface area contributed by atoms with Gasteiger partial charge in [0, 0.05) is 36.3 Å². The molecule has 1 heterocycles. The van der Waals surface area contributed by atoms with Crippen molar-refractivity contribution in [2.24, 2.45) is 0 Å². The van der Waals surface area contributed by atoms with Gasteiger partial charge in [0.25, 0.3) is 0 Å².